The number of hydrogen-bond donors (Lipinski definition) is 1. The van der Waals surface area contributed by atoms with Gasteiger partial charge in [0.15, 0.2) is 11.6 Å². The topological polar surface area (TPSA) is 47.0 Å². The van der Waals surface area contributed by atoms with Gasteiger partial charge in [-0.1, -0.05) is 6.07 Å². The highest BCUT2D eigenvalue weighted by Crippen LogP contribution is 2.22. The predicted octanol–water partition coefficient (Wildman–Crippen LogP) is 3.18. The molecule has 1 N–H and O–H groups in total. The minimum Gasteiger partial charge on any atom is -0.384 e. The van der Waals surface area contributed by atoms with Gasteiger partial charge in [-0.2, -0.15) is 4.37 Å². The van der Waals surface area contributed by atoms with Gasteiger partial charge in [0.25, 0.3) is 0 Å². The molecule has 2 aromatic rings. The maximum Gasteiger partial charge on any atom is 0.203 e. The lowest BCUT2D eigenvalue weighted by atomic mass is 10.1. The van der Waals surface area contributed by atoms with E-state index < -0.39 is 11.6 Å². The molecule has 1 unspecified atom stereocenters. The zero-order valence-corrected chi connectivity index (χ0v) is 12.0. The van der Waals surface area contributed by atoms with Crippen LogP contribution in [0.25, 0.3) is 0 Å². The summed E-state index contributed by atoms with van der Waals surface area (Å²) in [5.41, 5.74) is 0.651. The van der Waals surface area contributed by atoms with Gasteiger partial charge in [0.05, 0.1) is 12.6 Å². The highest BCUT2D eigenvalue weighted by atomic mass is 32.1. The summed E-state index contributed by atoms with van der Waals surface area (Å²) < 4.78 is 35.2. The maximum absolute atomic E-state index is 13.2. The fourth-order valence-electron chi connectivity index (χ4n) is 1.66. The van der Waals surface area contributed by atoms with E-state index in [1.165, 1.54) is 17.6 Å². The minimum atomic E-state index is -0.853. The number of anilines is 1. The van der Waals surface area contributed by atoms with Crippen molar-refractivity contribution in [1.82, 2.24) is 9.36 Å². The van der Waals surface area contributed by atoms with Crippen LogP contribution in [0.1, 0.15) is 24.4 Å². The Morgan fingerprint density at radius 1 is 1.35 bits per heavy atom. The largest absolute Gasteiger partial charge is 0.384 e. The highest BCUT2D eigenvalue weighted by molar-refractivity contribution is 7.09. The van der Waals surface area contributed by atoms with E-state index in [2.05, 4.69) is 14.7 Å². The summed E-state index contributed by atoms with van der Waals surface area (Å²) in [7, 11) is 1.62. The number of nitrogens with zero attached hydrogens (tertiary/aromatic N) is 2. The molecular weight excluding hydrogens is 284 g/mol. The number of methoxy groups -OCH3 is 1. The molecule has 1 aromatic carbocycles. The van der Waals surface area contributed by atoms with Gasteiger partial charge in [-0.05, 0) is 24.6 Å². The van der Waals surface area contributed by atoms with Crippen LogP contribution in [0.3, 0.4) is 0 Å². The molecule has 0 saturated heterocycles. The predicted molar refractivity (Wildman–Crippen MR) is 73.9 cm³/mol. The van der Waals surface area contributed by atoms with Crippen LogP contribution in [0.2, 0.25) is 0 Å². The Balaban J connectivity index is 2.01. The average Bonchev–Trinajstić information content (AvgIpc) is 2.87. The molecule has 0 fully saturated rings. The Hall–Kier alpha value is -1.60. The molecule has 1 atom stereocenters. The van der Waals surface area contributed by atoms with E-state index >= 15 is 0 Å². The van der Waals surface area contributed by atoms with Gasteiger partial charge >= 0.3 is 0 Å². The molecule has 0 saturated carbocycles. The molecule has 1 heterocycles. The second kappa shape index (κ2) is 6.71. The number of halogens is 2. The average molecular weight is 299 g/mol. The number of rotatable bonds is 6. The first-order valence-electron chi connectivity index (χ1n) is 6.13. The van der Waals surface area contributed by atoms with Gasteiger partial charge in [-0.15, -0.1) is 0 Å². The summed E-state index contributed by atoms with van der Waals surface area (Å²) in [5.74, 6) is -0.996. The van der Waals surface area contributed by atoms with Crippen LogP contribution in [-0.4, -0.2) is 23.1 Å². The van der Waals surface area contributed by atoms with E-state index in [9.17, 15) is 8.78 Å². The molecule has 108 valence electrons. The van der Waals surface area contributed by atoms with Gasteiger partial charge in [0, 0.05) is 25.1 Å². The first-order chi connectivity index (χ1) is 9.60. The molecule has 0 bridgehead atoms. The lowest BCUT2D eigenvalue weighted by Gasteiger charge is -2.13. The summed E-state index contributed by atoms with van der Waals surface area (Å²) in [4.78, 5) is 4.30. The van der Waals surface area contributed by atoms with Crippen molar-refractivity contribution >= 4 is 16.7 Å². The summed E-state index contributed by atoms with van der Waals surface area (Å²) >= 11 is 1.23. The molecule has 0 aliphatic heterocycles. The van der Waals surface area contributed by atoms with Crippen LogP contribution < -0.4 is 5.32 Å². The minimum absolute atomic E-state index is 0.187. The molecule has 2 rings (SSSR count). The van der Waals surface area contributed by atoms with Crippen molar-refractivity contribution in [1.29, 1.82) is 0 Å². The normalized spacial score (nSPS) is 12.4. The van der Waals surface area contributed by atoms with Gasteiger partial charge in [0.2, 0.25) is 5.13 Å². The second-order valence-electron chi connectivity index (χ2n) is 4.30. The summed E-state index contributed by atoms with van der Waals surface area (Å²) in [6.45, 7) is 2.41. The number of nitrogens with one attached hydrogen (secondary N) is 1. The molecule has 20 heavy (non-hydrogen) atoms. The Morgan fingerprint density at radius 3 is 2.85 bits per heavy atom. The molecule has 0 aliphatic rings. The van der Waals surface area contributed by atoms with Crippen LogP contribution in [0.15, 0.2) is 18.2 Å². The van der Waals surface area contributed by atoms with Crippen molar-refractivity contribution in [2.45, 2.75) is 19.4 Å². The molecule has 0 spiro atoms. The van der Waals surface area contributed by atoms with Gasteiger partial charge in [-0.25, -0.2) is 13.8 Å². The summed E-state index contributed by atoms with van der Waals surface area (Å²) in [5, 5.41) is 3.76. The van der Waals surface area contributed by atoms with Crippen LogP contribution in [0.5, 0.6) is 0 Å². The molecule has 0 amide bonds. The van der Waals surface area contributed by atoms with E-state index in [4.69, 9.17) is 4.74 Å². The van der Waals surface area contributed by atoms with Gasteiger partial charge in [-0.3, -0.25) is 0 Å². The summed E-state index contributed by atoms with van der Waals surface area (Å²) in [6.07, 6.45) is 0.647. The van der Waals surface area contributed by atoms with Crippen LogP contribution in [0, 0.1) is 11.6 Å². The van der Waals surface area contributed by atoms with Gasteiger partial charge in [0.1, 0.15) is 5.82 Å². The lowest BCUT2D eigenvalue weighted by molar-refractivity contribution is 0.201. The fraction of sp³-hybridized carbons (Fsp3) is 0.385. The molecule has 0 radical (unpaired) electrons. The Morgan fingerprint density at radius 2 is 2.15 bits per heavy atom. The van der Waals surface area contributed by atoms with E-state index in [0.717, 1.165) is 6.07 Å². The van der Waals surface area contributed by atoms with E-state index in [1.54, 1.807) is 13.2 Å². The first-order valence-corrected chi connectivity index (χ1v) is 6.90. The highest BCUT2D eigenvalue weighted by Gasteiger charge is 2.11. The fourth-order valence-corrected chi connectivity index (χ4v) is 2.36. The number of benzene rings is 1. The number of hydrogen-bond acceptors (Lipinski definition) is 5. The Kier molecular flexibility index (Phi) is 4.97. The van der Waals surface area contributed by atoms with Crippen molar-refractivity contribution in [3.05, 3.63) is 41.2 Å². The number of ether oxygens (including phenoxy) is 1. The standard InChI is InChI=1S/C13H15F2N3OS/c1-8(9-3-4-10(14)11(15)7-9)16-13-17-12(18-20-13)5-6-19-2/h3-4,7-8H,5-6H2,1-2H3,(H,16,17,18). The second-order valence-corrected chi connectivity index (χ2v) is 5.05. The van der Waals surface area contributed by atoms with E-state index in [1.807, 2.05) is 6.92 Å². The third-order valence-electron chi connectivity index (χ3n) is 2.78. The third kappa shape index (κ3) is 3.71. The Bertz CT molecular complexity index is 576. The van der Waals surface area contributed by atoms with Crippen LogP contribution >= 0.6 is 11.5 Å². The molecular formula is C13H15F2N3OS. The lowest BCUT2D eigenvalue weighted by Crippen LogP contribution is -2.07. The van der Waals surface area contributed by atoms with E-state index in [0.29, 0.717) is 29.5 Å². The van der Waals surface area contributed by atoms with Crippen LogP contribution in [0.4, 0.5) is 13.9 Å². The quantitative estimate of drug-likeness (QED) is 0.890. The van der Waals surface area contributed by atoms with Crippen molar-refractivity contribution in [3.8, 4) is 0 Å². The summed E-state index contributed by atoms with van der Waals surface area (Å²) in [6, 6.07) is 3.66. The molecule has 1 aromatic heterocycles. The van der Waals surface area contributed by atoms with Gasteiger partial charge < -0.3 is 10.1 Å². The molecule has 4 nitrogen and oxygen atoms in total. The van der Waals surface area contributed by atoms with Crippen molar-refractivity contribution in [3.63, 3.8) is 0 Å². The van der Waals surface area contributed by atoms with E-state index in [-0.39, 0.29) is 6.04 Å². The molecule has 7 heteroatoms. The monoisotopic (exact) mass is 299 g/mol. The van der Waals surface area contributed by atoms with Crippen molar-refractivity contribution < 1.29 is 13.5 Å². The van der Waals surface area contributed by atoms with Crippen molar-refractivity contribution in [2.24, 2.45) is 0 Å². The third-order valence-corrected chi connectivity index (χ3v) is 3.47. The first kappa shape index (κ1) is 14.8. The Labute approximate surface area is 120 Å². The number of aromatic nitrogens is 2. The zero-order chi connectivity index (χ0) is 14.5. The van der Waals surface area contributed by atoms with Crippen molar-refractivity contribution in [2.75, 3.05) is 19.0 Å². The maximum atomic E-state index is 13.2. The smallest absolute Gasteiger partial charge is 0.203 e. The SMILES string of the molecule is COCCc1nsc(NC(C)c2ccc(F)c(F)c2)n1. The van der Waals surface area contributed by atoms with Crippen LogP contribution in [-0.2, 0) is 11.2 Å². The molecule has 0 aliphatic carbocycles. The zero-order valence-electron chi connectivity index (χ0n) is 11.2.